The molecule has 1 aromatic heterocycles. The Morgan fingerprint density at radius 1 is 1.21 bits per heavy atom. The second-order valence-corrected chi connectivity index (χ2v) is 9.15. The molecule has 2 fully saturated rings. The molecule has 5 rings (SSSR count). The van der Waals surface area contributed by atoms with E-state index < -0.39 is 39.9 Å². The first-order chi connectivity index (χ1) is 15.8. The van der Waals surface area contributed by atoms with Crippen LogP contribution in [0.4, 0.5) is 8.78 Å². The molecule has 0 spiro atoms. The van der Waals surface area contributed by atoms with Crippen LogP contribution in [-0.4, -0.2) is 45.6 Å². The first kappa shape index (κ1) is 21.6. The molecule has 1 saturated heterocycles. The fourth-order valence-electron chi connectivity index (χ4n) is 5.30. The molecule has 1 saturated carbocycles. The van der Waals surface area contributed by atoms with E-state index in [2.05, 4.69) is 0 Å². The lowest BCUT2D eigenvalue weighted by molar-refractivity contribution is 0.0534. The summed E-state index contributed by atoms with van der Waals surface area (Å²) < 4.78 is 29.2. The molecule has 0 unspecified atom stereocenters. The lowest BCUT2D eigenvalue weighted by atomic mass is 9.88. The van der Waals surface area contributed by atoms with Gasteiger partial charge in [0.25, 0.3) is 5.91 Å². The van der Waals surface area contributed by atoms with Crippen LogP contribution >= 0.6 is 0 Å². The Morgan fingerprint density at radius 2 is 1.97 bits per heavy atom. The highest BCUT2D eigenvalue weighted by molar-refractivity contribution is 6.00. The average Bonchev–Trinajstić information content (AvgIpc) is 3.56. The van der Waals surface area contributed by atoms with E-state index in [4.69, 9.17) is 0 Å². The van der Waals surface area contributed by atoms with Gasteiger partial charge in [0.1, 0.15) is 17.8 Å². The maximum atomic E-state index is 14.4. The van der Waals surface area contributed by atoms with E-state index >= 15 is 0 Å². The van der Waals surface area contributed by atoms with Crippen molar-refractivity contribution >= 4 is 11.7 Å². The number of aromatic hydroxyl groups is 1. The van der Waals surface area contributed by atoms with Gasteiger partial charge >= 0.3 is 0 Å². The van der Waals surface area contributed by atoms with Crippen molar-refractivity contribution in [3.8, 4) is 5.75 Å². The van der Waals surface area contributed by atoms with Crippen LogP contribution in [0.1, 0.15) is 71.9 Å². The van der Waals surface area contributed by atoms with Gasteiger partial charge in [0.2, 0.25) is 5.43 Å². The summed E-state index contributed by atoms with van der Waals surface area (Å²) in [5.74, 6) is -3.14. The number of piperidine rings is 1. The number of carbonyl (C=O) groups excluding carboxylic acids is 2. The van der Waals surface area contributed by atoms with Crippen LogP contribution in [-0.2, 0) is 5.41 Å². The van der Waals surface area contributed by atoms with Crippen molar-refractivity contribution in [1.82, 2.24) is 9.58 Å². The van der Waals surface area contributed by atoms with E-state index in [-0.39, 0.29) is 29.4 Å². The largest absolute Gasteiger partial charge is 0.502 e. The number of Topliss-reactive ketones (excluding diaryl/α,β-unsaturated/α-hetero) is 1. The zero-order valence-corrected chi connectivity index (χ0v) is 18.3. The SMILES string of the molecule is CCN1C(=O)c2c(O)c(=O)c(C(=O)CC3(c4ccc(F)cc4F)CC3)cn2N2CCCC[C@@H]12. The third-order valence-electron chi connectivity index (χ3n) is 7.20. The Hall–Kier alpha value is -3.23. The number of benzene rings is 1. The van der Waals surface area contributed by atoms with E-state index in [1.165, 1.54) is 16.9 Å². The van der Waals surface area contributed by atoms with Crippen molar-refractivity contribution in [3.05, 3.63) is 63.1 Å². The van der Waals surface area contributed by atoms with Crippen molar-refractivity contribution in [3.63, 3.8) is 0 Å². The van der Waals surface area contributed by atoms with E-state index in [0.717, 1.165) is 31.4 Å². The summed E-state index contributed by atoms with van der Waals surface area (Å²) in [7, 11) is 0. The van der Waals surface area contributed by atoms with Crippen molar-refractivity contribution in [2.45, 2.75) is 57.0 Å². The summed E-state index contributed by atoms with van der Waals surface area (Å²) >= 11 is 0. The van der Waals surface area contributed by atoms with Crippen LogP contribution in [0.15, 0.2) is 29.2 Å². The number of rotatable bonds is 5. The second kappa shape index (κ2) is 7.67. The average molecular weight is 457 g/mol. The molecule has 1 aliphatic carbocycles. The van der Waals surface area contributed by atoms with Gasteiger partial charge in [-0.3, -0.25) is 24.1 Å². The molecule has 0 radical (unpaired) electrons. The number of amides is 1. The second-order valence-electron chi connectivity index (χ2n) is 9.15. The van der Waals surface area contributed by atoms with Gasteiger partial charge in [-0.2, -0.15) is 0 Å². The minimum absolute atomic E-state index is 0.137. The van der Waals surface area contributed by atoms with Crippen molar-refractivity contribution in [1.29, 1.82) is 0 Å². The zero-order valence-electron chi connectivity index (χ0n) is 18.3. The molecule has 7 nitrogen and oxygen atoms in total. The smallest absolute Gasteiger partial charge is 0.278 e. The predicted octanol–water partition coefficient (Wildman–Crippen LogP) is 3.06. The number of ketones is 1. The number of fused-ring (bicyclic) bond motifs is 3. The quantitative estimate of drug-likeness (QED) is 0.698. The number of aromatic nitrogens is 1. The number of hydrogen-bond acceptors (Lipinski definition) is 5. The maximum absolute atomic E-state index is 14.4. The van der Waals surface area contributed by atoms with E-state index in [0.29, 0.717) is 25.9 Å². The Balaban J connectivity index is 1.54. The summed E-state index contributed by atoms with van der Waals surface area (Å²) in [6, 6.07) is 3.30. The van der Waals surface area contributed by atoms with Crippen LogP contribution in [0.3, 0.4) is 0 Å². The Labute approximate surface area is 189 Å². The van der Waals surface area contributed by atoms with Crippen LogP contribution < -0.4 is 10.4 Å². The highest BCUT2D eigenvalue weighted by atomic mass is 19.1. The monoisotopic (exact) mass is 457 g/mol. The molecular formula is C24H25F2N3O4. The molecule has 174 valence electrons. The molecule has 1 N–H and O–H groups in total. The molecule has 1 atom stereocenters. The van der Waals surface area contributed by atoms with Gasteiger partial charge < -0.3 is 10.0 Å². The number of halogens is 2. The zero-order chi connectivity index (χ0) is 23.5. The number of carbonyl (C=O) groups is 2. The van der Waals surface area contributed by atoms with E-state index in [1.54, 1.807) is 4.90 Å². The van der Waals surface area contributed by atoms with Gasteiger partial charge in [-0.15, -0.1) is 0 Å². The van der Waals surface area contributed by atoms with Crippen LogP contribution in [0.25, 0.3) is 0 Å². The Morgan fingerprint density at radius 3 is 2.64 bits per heavy atom. The van der Waals surface area contributed by atoms with Crippen LogP contribution in [0.5, 0.6) is 5.75 Å². The number of pyridine rings is 1. The molecule has 0 bridgehead atoms. The van der Waals surface area contributed by atoms with Crippen molar-refractivity contribution < 1.29 is 23.5 Å². The molecule has 3 aliphatic rings. The lowest BCUT2D eigenvalue weighted by Gasteiger charge is -2.48. The summed E-state index contributed by atoms with van der Waals surface area (Å²) in [5.41, 5.74) is -1.81. The minimum atomic E-state index is -0.901. The summed E-state index contributed by atoms with van der Waals surface area (Å²) in [6.07, 6.45) is 4.66. The summed E-state index contributed by atoms with van der Waals surface area (Å²) in [4.78, 5) is 40.9. The fourth-order valence-corrected chi connectivity index (χ4v) is 5.30. The van der Waals surface area contributed by atoms with Gasteiger partial charge in [-0.1, -0.05) is 6.07 Å². The number of hydrogen-bond donors (Lipinski definition) is 1. The molecule has 2 aromatic rings. The molecule has 1 amide bonds. The molecule has 33 heavy (non-hydrogen) atoms. The van der Waals surface area contributed by atoms with E-state index in [9.17, 15) is 28.3 Å². The van der Waals surface area contributed by atoms with Gasteiger partial charge in [0.05, 0.1) is 5.56 Å². The number of nitrogens with zero attached hydrogens (tertiary/aromatic N) is 3. The highest BCUT2D eigenvalue weighted by Crippen LogP contribution is 2.52. The van der Waals surface area contributed by atoms with Crippen molar-refractivity contribution in [2.75, 3.05) is 18.1 Å². The maximum Gasteiger partial charge on any atom is 0.278 e. The first-order valence-corrected chi connectivity index (χ1v) is 11.3. The van der Waals surface area contributed by atoms with Gasteiger partial charge in [0.15, 0.2) is 17.2 Å². The normalized spacial score (nSPS) is 20.9. The fraction of sp³-hybridized carbons (Fsp3) is 0.458. The van der Waals surface area contributed by atoms with Gasteiger partial charge in [0, 0.05) is 37.2 Å². The topological polar surface area (TPSA) is 82.9 Å². The summed E-state index contributed by atoms with van der Waals surface area (Å²) in [5, 5.41) is 12.6. The van der Waals surface area contributed by atoms with Crippen LogP contribution in [0, 0.1) is 11.6 Å². The predicted molar refractivity (Wildman–Crippen MR) is 116 cm³/mol. The van der Waals surface area contributed by atoms with Gasteiger partial charge in [-0.25, -0.2) is 8.78 Å². The summed E-state index contributed by atoms with van der Waals surface area (Å²) in [6.45, 7) is 2.89. The molecular weight excluding hydrogens is 432 g/mol. The molecule has 3 heterocycles. The van der Waals surface area contributed by atoms with Crippen molar-refractivity contribution in [2.24, 2.45) is 0 Å². The standard InChI is InChI=1S/C24H25F2N3O4/c1-2-27-19-5-3-4-10-28(19)29-13-15(21(31)22(32)20(29)23(27)33)18(30)12-24(8-9-24)16-7-6-14(25)11-17(16)26/h6-7,11,13,19,32H,2-5,8-10,12H2,1H3/t19-/m0/s1. The minimum Gasteiger partial charge on any atom is -0.502 e. The lowest BCUT2D eigenvalue weighted by Crippen LogP contribution is -2.63. The molecule has 2 aliphatic heterocycles. The molecule has 1 aromatic carbocycles. The third-order valence-corrected chi connectivity index (χ3v) is 7.20. The van der Waals surface area contributed by atoms with Crippen LogP contribution in [0.2, 0.25) is 0 Å². The Kier molecular flexibility index (Phi) is 5.02. The first-order valence-electron chi connectivity index (χ1n) is 11.3. The van der Waals surface area contributed by atoms with E-state index in [1.807, 2.05) is 11.9 Å². The Bertz CT molecular complexity index is 1220. The molecule has 9 heteroatoms. The van der Waals surface area contributed by atoms with Gasteiger partial charge in [-0.05, 0) is 50.7 Å². The highest BCUT2D eigenvalue weighted by Gasteiger charge is 2.48. The third kappa shape index (κ3) is 3.32.